The quantitative estimate of drug-likeness (QED) is 0.732. The summed E-state index contributed by atoms with van der Waals surface area (Å²) in [5, 5.41) is 0. The van der Waals surface area contributed by atoms with E-state index in [0.29, 0.717) is 5.56 Å². The van der Waals surface area contributed by atoms with Gasteiger partial charge in [-0.2, -0.15) is 0 Å². The van der Waals surface area contributed by atoms with E-state index in [1.54, 1.807) is 7.11 Å². The highest BCUT2D eigenvalue weighted by Gasteiger charge is 2.22. The first kappa shape index (κ1) is 14.8. The molecule has 0 saturated carbocycles. The van der Waals surface area contributed by atoms with Crippen molar-refractivity contribution >= 4 is 21.7 Å². The molecular weight excluding hydrogens is 316 g/mol. The van der Waals surface area contributed by atoms with Gasteiger partial charge in [0.1, 0.15) is 5.75 Å². The molecule has 0 bridgehead atoms. The van der Waals surface area contributed by atoms with Crippen molar-refractivity contribution in [1.29, 1.82) is 0 Å². The van der Waals surface area contributed by atoms with Gasteiger partial charge in [-0.05, 0) is 46.1 Å². The van der Waals surface area contributed by atoms with Crippen LogP contribution in [0.5, 0.6) is 5.75 Å². The second kappa shape index (κ2) is 6.71. The number of benzene rings is 2. The number of carbonyl (C=O) groups excluding carboxylic acids is 1. The predicted molar refractivity (Wildman–Crippen MR) is 84.5 cm³/mol. The molecule has 2 nitrogen and oxygen atoms in total. The summed E-state index contributed by atoms with van der Waals surface area (Å²) in [5.41, 5.74) is 1.75. The number of rotatable bonds is 5. The van der Waals surface area contributed by atoms with Gasteiger partial charge < -0.3 is 4.74 Å². The molecule has 0 N–H and O–H groups in total. The summed E-state index contributed by atoms with van der Waals surface area (Å²) in [6, 6.07) is 15.4. The SMILES string of the molecule is CCC(C(=O)c1ccc(OC)cc1Br)c1ccccc1. The van der Waals surface area contributed by atoms with Crippen LogP contribution < -0.4 is 4.74 Å². The molecule has 0 aliphatic carbocycles. The minimum Gasteiger partial charge on any atom is -0.497 e. The standard InChI is InChI=1S/C17H17BrO2/c1-3-14(12-7-5-4-6-8-12)17(19)15-10-9-13(20-2)11-16(15)18/h4-11,14H,3H2,1-2H3. The molecule has 0 radical (unpaired) electrons. The van der Waals surface area contributed by atoms with Crippen LogP contribution in [0.3, 0.4) is 0 Å². The Balaban J connectivity index is 2.34. The van der Waals surface area contributed by atoms with Gasteiger partial charge in [0.2, 0.25) is 0 Å². The van der Waals surface area contributed by atoms with E-state index in [1.165, 1.54) is 0 Å². The summed E-state index contributed by atoms with van der Waals surface area (Å²) in [5.74, 6) is 0.760. The molecule has 0 aliphatic heterocycles. The second-order valence-corrected chi connectivity index (χ2v) is 5.44. The maximum Gasteiger partial charge on any atom is 0.171 e. The van der Waals surface area contributed by atoms with Crippen molar-refractivity contribution in [3.63, 3.8) is 0 Å². The third-order valence-electron chi connectivity index (χ3n) is 3.37. The van der Waals surface area contributed by atoms with E-state index in [1.807, 2.05) is 55.5 Å². The third-order valence-corrected chi connectivity index (χ3v) is 4.02. The molecule has 0 saturated heterocycles. The summed E-state index contributed by atoms with van der Waals surface area (Å²) < 4.78 is 5.93. The largest absolute Gasteiger partial charge is 0.497 e. The Labute approximate surface area is 127 Å². The molecule has 2 aromatic carbocycles. The lowest BCUT2D eigenvalue weighted by Crippen LogP contribution is -2.12. The van der Waals surface area contributed by atoms with Gasteiger partial charge in [-0.25, -0.2) is 0 Å². The van der Waals surface area contributed by atoms with Gasteiger partial charge >= 0.3 is 0 Å². The Morgan fingerprint density at radius 1 is 1.20 bits per heavy atom. The van der Waals surface area contributed by atoms with Crippen molar-refractivity contribution in [1.82, 2.24) is 0 Å². The molecule has 0 aromatic heterocycles. The average Bonchev–Trinajstić information content (AvgIpc) is 2.48. The smallest absolute Gasteiger partial charge is 0.171 e. The molecule has 0 aliphatic rings. The van der Waals surface area contributed by atoms with Gasteiger partial charge in [-0.3, -0.25) is 4.79 Å². The van der Waals surface area contributed by atoms with Crippen LogP contribution in [-0.2, 0) is 0 Å². The van der Waals surface area contributed by atoms with Crippen LogP contribution in [-0.4, -0.2) is 12.9 Å². The van der Waals surface area contributed by atoms with Gasteiger partial charge in [0.25, 0.3) is 0 Å². The third kappa shape index (κ3) is 3.10. The average molecular weight is 333 g/mol. The Morgan fingerprint density at radius 2 is 1.90 bits per heavy atom. The van der Waals surface area contributed by atoms with E-state index in [4.69, 9.17) is 4.74 Å². The van der Waals surface area contributed by atoms with Crippen LogP contribution in [0.15, 0.2) is 53.0 Å². The van der Waals surface area contributed by atoms with Gasteiger partial charge in [0, 0.05) is 16.0 Å². The van der Waals surface area contributed by atoms with Crippen molar-refractivity contribution in [3.8, 4) is 5.75 Å². The van der Waals surface area contributed by atoms with E-state index in [2.05, 4.69) is 15.9 Å². The van der Waals surface area contributed by atoms with Crippen molar-refractivity contribution in [2.75, 3.05) is 7.11 Å². The number of ether oxygens (including phenoxy) is 1. The van der Waals surface area contributed by atoms with Crippen LogP contribution in [0.4, 0.5) is 0 Å². The van der Waals surface area contributed by atoms with Gasteiger partial charge in [0.15, 0.2) is 5.78 Å². The number of halogens is 1. The highest BCUT2D eigenvalue weighted by molar-refractivity contribution is 9.10. The number of methoxy groups -OCH3 is 1. The van der Waals surface area contributed by atoms with Crippen molar-refractivity contribution in [3.05, 3.63) is 64.1 Å². The lowest BCUT2D eigenvalue weighted by molar-refractivity contribution is 0.0956. The molecular formula is C17H17BrO2. The number of ketones is 1. The zero-order valence-electron chi connectivity index (χ0n) is 11.6. The molecule has 104 valence electrons. The highest BCUT2D eigenvalue weighted by Crippen LogP contribution is 2.30. The molecule has 2 aromatic rings. The van der Waals surface area contributed by atoms with Gasteiger partial charge in [-0.1, -0.05) is 37.3 Å². The second-order valence-electron chi connectivity index (χ2n) is 4.58. The topological polar surface area (TPSA) is 26.3 Å². The zero-order valence-corrected chi connectivity index (χ0v) is 13.2. The molecule has 0 heterocycles. The van der Waals surface area contributed by atoms with E-state index >= 15 is 0 Å². The molecule has 0 spiro atoms. The van der Waals surface area contributed by atoms with Crippen molar-refractivity contribution < 1.29 is 9.53 Å². The lowest BCUT2D eigenvalue weighted by atomic mass is 9.88. The van der Waals surface area contributed by atoms with E-state index in [0.717, 1.165) is 22.2 Å². The Morgan fingerprint density at radius 3 is 2.45 bits per heavy atom. The Kier molecular flexibility index (Phi) is 4.96. The number of hydrogen-bond acceptors (Lipinski definition) is 2. The normalized spacial score (nSPS) is 11.9. The summed E-state index contributed by atoms with van der Waals surface area (Å²) in [4.78, 5) is 12.7. The first-order valence-electron chi connectivity index (χ1n) is 6.60. The van der Waals surface area contributed by atoms with Crippen LogP contribution >= 0.6 is 15.9 Å². The van der Waals surface area contributed by atoms with Gasteiger partial charge in [0.05, 0.1) is 7.11 Å². The highest BCUT2D eigenvalue weighted by atomic mass is 79.9. The fourth-order valence-electron chi connectivity index (χ4n) is 2.27. The van der Waals surface area contributed by atoms with Crippen LogP contribution in [0.2, 0.25) is 0 Å². The van der Waals surface area contributed by atoms with E-state index in [9.17, 15) is 4.79 Å². The lowest BCUT2D eigenvalue weighted by Gasteiger charge is -2.15. The zero-order chi connectivity index (χ0) is 14.5. The maximum absolute atomic E-state index is 12.7. The number of Topliss-reactive ketones (excluding diaryl/α,β-unsaturated/α-hetero) is 1. The molecule has 1 atom stereocenters. The molecule has 3 heteroatoms. The minimum atomic E-state index is -0.110. The molecule has 2 rings (SSSR count). The first-order valence-corrected chi connectivity index (χ1v) is 7.39. The van der Waals surface area contributed by atoms with Crippen LogP contribution in [0.1, 0.15) is 35.2 Å². The molecule has 0 fully saturated rings. The molecule has 20 heavy (non-hydrogen) atoms. The minimum absolute atomic E-state index is 0.110. The summed E-state index contributed by atoms with van der Waals surface area (Å²) in [6.45, 7) is 2.03. The first-order chi connectivity index (χ1) is 9.67. The number of carbonyl (C=O) groups is 1. The molecule has 0 amide bonds. The monoisotopic (exact) mass is 332 g/mol. The Hall–Kier alpha value is -1.61. The Bertz CT molecular complexity index is 593. The summed E-state index contributed by atoms with van der Waals surface area (Å²) in [6.07, 6.45) is 0.779. The van der Waals surface area contributed by atoms with Crippen LogP contribution in [0, 0.1) is 0 Å². The number of hydrogen-bond donors (Lipinski definition) is 0. The van der Waals surface area contributed by atoms with E-state index in [-0.39, 0.29) is 11.7 Å². The summed E-state index contributed by atoms with van der Waals surface area (Å²) in [7, 11) is 1.61. The van der Waals surface area contributed by atoms with Crippen molar-refractivity contribution in [2.45, 2.75) is 19.3 Å². The molecule has 1 unspecified atom stereocenters. The van der Waals surface area contributed by atoms with E-state index < -0.39 is 0 Å². The fourth-order valence-corrected chi connectivity index (χ4v) is 2.82. The summed E-state index contributed by atoms with van der Waals surface area (Å²) >= 11 is 3.46. The van der Waals surface area contributed by atoms with Gasteiger partial charge in [-0.15, -0.1) is 0 Å². The fraction of sp³-hybridized carbons (Fsp3) is 0.235. The maximum atomic E-state index is 12.7. The predicted octanol–water partition coefficient (Wildman–Crippen LogP) is 4.83. The van der Waals surface area contributed by atoms with Crippen LogP contribution in [0.25, 0.3) is 0 Å². The van der Waals surface area contributed by atoms with Crippen molar-refractivity contribution in [2.24, 2.45) is 0 Å².